The summed E-state index contributed by atoms with van der Waals surface area (Å²) >= 11 is 0. The first-order valence-corrected chi connectivity index (χ1v) is 7.01. The minimum absolute atomic E-state index is 0.547. The minimum Gasteiger partial charge on any atom is -0.475 e. The summed E-state index contributed by atoms with van der Waals surface area (Å²) in [5.74, 6) is 1.23. The maximum atomic E-state index is 5.57. The van der Waals surface area contributed by atoms with Gasteiger partial charge in [-0.25, -0.2) is 4.98 Å². The van der Waals surface area contributed by atoms with Gasteiger partial charge in [0.05, 0.1) is 6.61 Å². The zero-order valence-corrected chi connectivity index (χ0v) is 12.5. The van der Waals surface area contributed by atoms with Crippen molar-refractivity contribution in [2.45, 2.75) is 34.2 Å². The van der Waals surface area contributed by atoms with Gasteiger partial charge in [-0.2, -0.15) is 0 Å². The normalized spacial score (nSPS) is 11.0. The predicted molar refractivity (Wildman–Crippen MR) is 77.5 cm³/mol. The van der Waals surface area contributed by atoms with Crippen LogP contribution in [0.2, 0.25) is 0 Å². The van der Waals surface area contributed by atoms with Crippen LogP contribution in [0.3, 0.4) is 0 Å². The summed E-state index contributed by atoms with van der Waals surface area (Å²) in [6, 6.07) is 3.98. The molecule has 108 valence electrons. The Hall–Kier alpha value is -1.13. The highest BCUT2D eigenvalue weighted by atomic mass is 16.5. The lowest BCUT2D eigenvalue weighted by molar-refractivity contribution is 0.0806. The van der Waals surface area contributed by atoms with Gasteiger partial charge in [0.1, 0.15) is 6.61 Å². The molecule has 0 aliphatic rings. The topological polar surface area (TPSA) is 43.4 Å². The second kappa shape index (κ2) is 8.88. The van der Waals surface area contributed by atoms with Gasteiger partial charge in [0.15, 0.2) is 0 Å². The van der Waals surface area contributed by atoms with Crippen LogP contribution in [-0.2, 0) is 11.3 Å². The molecular formula is C15H26N2O2. The molecule has 0 radical (unpaired) electrons. The molecule has 0 saturated carbocycles. The molecule has 1 N–H and O–H groups in total. The van der Waals surface area contributed by atoms with Crippen molar-refractivity contribution >= 4 is 0 Å². The van der Waals surface area contributed by atoms with Crippen molar-refractivity contribution in [2.24, 2.45) is 5.92 Å². The van der Waals surface area contributed by atoms with Crippen LogP contribution in [0.25, 0.3) is 0 Å². The molecule has 0 amide bonds. The third kappa shape index (κ3) is 6.55. The van der Waals surface area contributed by atoms with Crippen LogP contribution in [-0.4, -0.2) is 31.3 Å². The van der Waals surface area contributed by atoms with Gasteiger partial charge in [-0.05, 0) is 24.9 Å². The maximum absolute atomic E-state index is 5.57. The minimum atomic E-state index is 0.547. The van der Waals surface area contributed by atoms with Gasteiger partial charge in [-0.3, -0.25) is 0 Å². The number of hydrogen-bond acceptors (Lipinski definition) is 4. The van der Waals surface area contributed by atoms with Crippen molar-refractivity contribution in [3.05, 3.63) is 23.4 Å². The molecule has 0 atom stereocenters. The summed E-state index contributed by atoms with van der Waals surface area (Å²) in [5.41, 5.74) is 2.23. The molecule has 4 nitrogen and oxygen atoms in total. The molecule has 19 heavy (non-hydrogen) atoms. The number of nitrogens with one attached hydrogen (secondary N) is 1. The zero-order chi connectivity index (χ0) is 14.1. The van der Waals surface area contributed by atoms with Gasteiger partial charge in [-0.15, -0.1) is 0 Å². The number of pyridine rings is 1. The summed E-state index contributed by atoms with van der Waals surface area (Å²) in [6.07, 6.45) is 0. The molecule has 4 heteroatoms. The Morgan fingerprint density at radius 1 is 1.26 bits per heavy atom. The van der Waals surface area contributed by atoms with Crippen molar-refractivity contribution in [3.8, 4) is 5.88 Å². The number of aryl methyl sites for hydroxylation is 1. The summed E-state index contributed by atoms with van der Waals surface area (Å²) in [6.45, 7) is 12.1. The summed E-state index contributed by atoms with van der Waals surface area (Å²) in [4.78, 5) is 4.44. The summed E-state index contributed by atoms with van der Waals surface area (Å²) in [7, 11) is 0. The summed E-state index contributed by atoms with van der Waals surface area (Å²) in [5, 5.41) is 3.29. The Balaban J connectivity index is 2.32. The number of hydrogen-bond donors (Lipinski definition) is 1. The van der Waals surface area contributed by atoms with Gasteiger partial charge in [0.25, 0.3) is 0 Å². The average Bonchev–Trinajstić information content (AvgIpc) is 2.37. The largest absolute Gasteiger partial charge is 0.475 e. The SMILES string of the molecule is CCNCc1ccc(OCCOCC(C)C)nc1C. The predicted octanol–water partition coefficient (Wildman–Crippen LogP) is 2.55. The van der Waals surface area contributed by atoms with E-state index in [2.05, 4.69) is 37.1 Å². The van der Waals surface area contributed by atoms with Crippen LogP contribution in [0.15, 0.2) is 12.1 Å². The zero-order valence-electron chi connectivity index (χ0n) is 12.5. The van der Waals surface area contributed by atoms with Crippen LogP contribution >= 0.6 is 0 Å². The first-order valence-electron chi connectivity index (χ1n) is 7.01. The molecule has 0 aliphatic carbocycles. The van der Waals surface area contributed by atoms with E-state index in [-0.39, 0.29) is 0 Å². The summed E-state index contributed by atoms with van der Waals surface area (Å²) < 4.78 is 11.0. The molecule has 0 bridgehead atoms. The van der Waals surface area contributed by atoms with Crippen LogP contribution in [0.1, 0.15) is 32.0 Å². The molecule has 0 fully saturated rings. The van der Waals surface area contributed by atoms with Crippen LogP contribution < -0.4 is 10.1 Å². The highest BCUT2D eigenvalue weighted by Gasteiger charge is 2.02. The second-order valence-electron chi connectivity index (χ2n) is 4.99. The number of aromatic nitrogens is 1. The van der Waals surface area contributed by atoms with E-state index < -0.39 is 0 Å². The van der Waals surface area contributed by atoms with Crippen LogP contribution in [0.4, 0.5) is 0 Å². The Morgan fingerprint density at radius 3 is 2.68 bits per heavy atom. The van der Waals surface area contributed by atoms with E-state index in [1.165, 1.54) is 5.56 Å². The molecule has 0 unspecified atom stereocenters. The molecular weight excluding hydrogens is 240 g/mol. The standard InChI is InChI=1S/C15H26N2O2/c1-5-16-10-14-6-7-15(17-13(14)4)19-9-8-18-11-12(2)3/h6-7,12,16H,5,8-11H2,1-4H3. The monoisotopic (exact) mass is 266 g/mol. The van der Waals surface area contributed by atoms with E-state index in [1.807, 2.05) is 13.0 Å². The van der Waals surface area contributed by atoms with Crippen molar-refractivity contribution in [3.63, 3.8) is 0 Å². The Morgan fingerprint density at radius 2 is 2.05 bits per heavy atom. The lowest BCUT2D eigenvalue weighted by Gasteiger charge is -2.10. The Labute approximate surface area is 116 Å². The number of nitrogens with zero attached hydrogens (tertiary/aromatic N) is 1. The van der Waals surface area contributed by atoms with Gasteiger partial charge in [0.2, 0.25) is 5.88 Å². The molecule has 0 aliphatic heterocycles. The van der Waals surface area contributed by atoms with Crippen LogP contribution in [0, 0.1) is 12.8 Å². The molecule has 1 heterocycles. The van der Waals surface area contributed by atoms with E-state index >= 15 is 0 Å². The second-order valence-corrected chi connectivity index (χ2v) is 4.99. The van der Waals surface area contributed by atoms with E-state index in [0.29, 0.717) is 25.0 Å². The van der Waals surface area contributed by atoms with Crippen molar-refractivity contribution in [1.82, 2.24) is 10.3 Å². The van der Waals surface area contributed by atoms with Crippen molar-refractivity contribution in [2.75, 3.05) is 26.4 Å². The van der Waals surface area contributed by atoms with E-state index in [1.54, 1.807) is 0 Å². The van der Waals surface area contributed by atoms with Crippen molar-refractivity contribution < 1.29 is 9.47 Å². The van der Waals surface area contributed by atoms with Gasteiger partial charge >= 0.3 is 0 Å². The molecule has 0 saturated heterocycles. The Bertz CT molecular complexity index is 367. The number of rotatable bonds is 9. The van der Waals surface area contributed by atoms with E-state index in [0.717, 1.165) is 25.4 Å². The van der Waals surface area contributed by atoms with Crippen molar-refractivity contribution in [1.29, 1.82) is 0 Å². The first-order chi connectivity index (χ1) is 9.13. The highest BCUT2D eigenvalue weighted by Crippen LogP contribution is 2.12. The molecule has 0 spiro atoms. The van der Waals surface area contributed by atoms with Gasteiger partial charge in [-0.1, -0.05) is 26.8 Å². The Kier molecular flexibility index (Phi) is 7.45. The molecule has 0 aromatic carbocycles. The quantitative estimate of drug-likeness (QED) is 0.698. The molecule has 1 aromatic rings. The fourth-order valence-electron chi connectivity index (χ4n) is 1.62. The lowest BCUT2D eigenvalue weighted by Crippen LogP contribution is -2.14. The number of ether oxygens (including phenoxy) is 2. The van der Waals surface area contributed by atoms with E-state index in [4.69, 9.17) is 9.47 Å². The molecule has 1 rings (SSSR count). The molecule has 1 aromatic heterocycles. The fraction of sp³-hybridized carbons (Fsp3) is 0.667. The van der Waals surface area contributed by atoms with Crippen LogP contribution in [0.5, 0.6) is 5.88 Å². The lowest BCUT2D eigenvalue weighted by atomic mass is 10.2. The van der Waals surface area contributed by atoms with Gasteiger partial charge in [0, 0.05) is 24.9 Å². The third-order valence-corrected chi connectivity index (χ3v) is 2.66. The van der Waals surface area contributed by atoms with E-state index in [9.17, 15) is 0 Å². The fourth-order valence-corrected chi connectivity index (χ4v) is 1.62. The smallest absolute Gasteiger partial charge is 0.213 e. The highest BCUT2D eigenvalue weighted by molar-refractivity contribution is 5.24. The maximum Gasteiger partial charge on any atom is 0.213 e. The third-order valence-electron chi connectivity index (χ3n) is 2.66. The first kappa shape index (κ1) is 15.9. The van der Waals surface area contributed by atoms with Gasteiger partial charge < -0.3 is 14.8 Å². The average molecular weight is 266 g/mol.